The number of aryl methyl sites for hydroxylation is 1. The van der Waals surface area contributed by atoms with Crippen LogP contribution in [0.15, 0.2) is 66.7 Å². The molecule has 0 spiro atoms. The molecule has 0 N–H and O–H groups in total. The Bertz CT molecular complexity index is 1750. The highest BCUT2D eigenvalue weighted by Gasteiger charge is 2.20. The molecule has 4 aromatic rings. The van der Waals surface area contributed by atoms with Gasteiger partial charge in [0.05, 0.1) is 19.6 Å². The molecule has 0 unspecified atom stereocenters. The fourth-order valence-electron chi connectivity index (χ4n) is 5.02. The molecule has 0 saturated carbocycles. The van der Waals surface area contributed by atoms with E-state index in [9.17, 15) is 19.2 Å². The summed E-state index contributed by atoms with van der Waals surface area (Å²) in [5, 5.41) is 2.03. The van der Waals surface area contributed by atoms with Gasteiger partial charge in [-0.05, 0) is 97.5 Å². The molecule has 0 bridgehead atoms. The zero-order valence-electron chi connectivity index (χ0n) is 29.3. The molecular formula is C38H48N2O8. The highest BCUT2D eigenvalue weighted by Crippen LogP contribution is 2.23. The highest BCUT2D eigenvalue weighted by molar-refractivity contribution is 5.90. The first-order valence-electron chi connectivity index (χ1n) is 16.2. The molecule has 2 aromatic heterocycles. The molecular weight excluding hydrogens is 612 g/mol. The van der Waals surface area contributed by atoms with E-state index in [2.05, 4.69) is 0 Å². The lowest BCUT2D eigenvalue weighted by Gasteiger charge is -2.20. The van der Waals surface area contributed by atoms with Crippen LogP contribution in [0.5, 0.6) is 0 Å². The van der Waals surface area contributed by atoms with Crippen LogP contribution in [0.4, 0.5) is 0 Å². The molecule has 2 heterocycles. The first kappa shape index (κ1) is 37.6. The quantitative estimate of drug-likeness (QED) is 0.0956. The predicted molar refractivity (Wildman–Crippen MR) is 186 cm³/mol. The van der Waals surface area contributed by atoms with E-state index in [-0.39, 0.29) is 31.0 Å². The van der Waals surface area contributed by atoms with Gasteiger partial charge in [-0.15, -0.1) is 0 Å². The average molecular weight is 661 g/mol. The van der Waals surface area contributed by atoms with E-state index in [1.54, 1.807) is 19.9 Å². The highest BCUT2D eigenvalue weighted by atomic mass is 16.6. The third-order valence-corrected chi connectivity index (χ3v) is 6.72. The molecule has 0 fully saturated rings. The van der Waals surface area contributed by atoms with Crippen molar-refractivity contribution in [1.29, 1.82) is 0 Å². The Labute approximate surface area is 282 Å². The molecule has 0 radical (unpaired) electrons. The lowest BCUT2D eigenvalue weighted by atomic mass is 10.2. The van der Waals surface area contributed by atoms with Crippen LogP contribution >= 0.6 is 0 Å². The van der Waals surface area contributed by atoms with Crippen LogP contribution in [0, 0.1) is 0 Å². The molecule has 0 saturated heterocycles. The smallest absolute Gasteiger partial charge is 0.330 e. The summed E-state index contributed by atoms with van der Waals surface area (Å²) < 4.78 is 24.5. The monoisotopic (exact) mass is 660 g/mol. The van der Waals surface area contributed by atoms with Crippen molar-refractivity contribution in [2.75, 3.05) is 13.2 Å². The van der Waals surface area contributed by atoms with Crippen LogP contribution in [-0.4, -0.2) is 57.4 Å². The lowest BCUT2D eigenvalue weighted by Crippen LogP contribution is -2.27. The average Bonchev–Trinajstić information content (AvgIpc) is 3.51. The Kier molecular flexibility index (Phi) is 13.2. The van der Waals surface area contributed by atoms with E-state index < -0.39 is 17.2 Å². The Morgan fingerprint density at radius 2 is 1.17 bits per heavy atom. The number of fused-ring (bicyclic) bond motifs is 2. The van der Waals surface area contributed by atoms with E-state index in [1.807, 2.05) is 111 Å². The van der Waals surface area contributed by atoms with Gasteiger partial charge in [0, 0.05) is 33.9 Å². The first-order valence-corrected chi connectivity index (χ1v) is 16.2. The van der Waals surface area contributed by atoms with Gasteiger partial charge in [0.2, 0.25) is 0 Å². The van der Waals surface area contributed by atoms with Crippen molar-refractivity contribution in [3.63, 3.8) is 0 Å². The maximum atomic E-state index is 12.2. The number of carbonyl (C=O) groups excluding carboxylic acids is 4. The van der Waals surface area contributed by atoms with Gasteiger partial charge in [0.15, 0.2) is 0 Å². The molecule has 0 aliphatic carbocycles. The minimum atomic E-state index is -0.541. The maximum Gasteiger partial charge on any atom is 0.330 e. The van der Waals surface area contributed by atoms with Gasteiger partial charge in [0.25, 0.3) is 0 Å². The van der Waals surface area contributed by atoms with E-state index in [0.717, 1.165) is 33.2 Å². The molecule has 2 aromatic carbocycles. The maximum absolute atomic E-state index is 12.2. The second-order valence-corrected chi connectivity index (χ2v) is 13.1. The van der Waals surface area contributed by atoms with Gasteiger partial charge >= 0.3 is 23.9 Å². The summed E-state index contributed by atoms with van der Waals surface area (Å²) in [6.07, 6.45) is 3.83. The third-order valence-electron chi connectivity index (χ3n) is 6.72. The molecule has 0 aliphatic rings. The number of para-hydroxylation sites is 2. The fraction of sp³-hybridized carbons (Fsp3) is 0.421. The zero-order valence-corrected chi connectivity index (χ0v) is 29.3. The Hall–Kier alpha value is -4.86. The Morgan fingerprint density at radius 3 is 1.71 bits per heavy atom. The number of carbonyl (C=O) groups is 4. The number of aromatic nitrogens is 2. The van der Waals surface area contributed by atoms with Crippen LogP contribution in [0.3, 0.4) is 0 Å². The number of benzene rings is 2. The molecule has 0 atom stereocenters. The molecule has 258 valence electrons. The molecule has 10 heteroatoms. The van der Waals surface area contributed by atoms with E-state index in [4.69, 9.17) is 18.9 Å². The number of nitrogens with zero attached hydrogens (tertiary/aromatic N) is 2. The molecule has 0 aliphatic heterocycles. The summed E-state index contributed by atoms with van der Waals surface area (Å²) in [7, 11) is 0. The van der Waals surface area contributed by atoms with Gasteiger partial charge in [-0.3, -0.25) is 14.4 Å². The van der Waals surface area contributed by atoms with Crippen LogP contribution in [0.25, 0.3) is 27.9 Å². The number of hydrogen-bond acceptors (Lipinski definition) is 8. The largest absolute Gasteiger partial charge is 0.466 e. The van der Waals surface area contributed by atoms with Crippen molar-refractivity contribution in [3.8, 4) is 0 Å². The van der Waals surface area contributed by atoms with Crippen LogP contribution in [-0.2, 0) is 57.6 Å². The van der Waals surface area contributed by atoms with E-state index in [0.29, 0.717) is 26.1 Å². The number of ether oxygens (including phenoxy) is 4. The summed E-state index contributed by atoms with van der Waals surface area (Å²) in [4.78, 5) is 47.6. The van der Waals surface area contributed by atoms with Gasteiger partial charge in [-0.2, -0.15) is 0 Å². The van der Waals surface area contributed by atoms with Gasteiger partial charge in [-0.1, -0.05) is 36.4 Å². The van der Waals surface area contributed by atoms with Crippen molar-refractivity contribution in [2.24, 2.45) is 0 Å². The normalized spacial score (nSPS) is 11.7. The molecule has 48 heavy (non-hydrogen) atoms. The third kappa shape index (κ3) is 11.7. The first-order chi connectivity index (χ1) is 22.6. The predicted octanol–water partition coefficient (Wildman–Crippen LogP) is 7.04. The van der Waals surface area contributed by atoms with Gasteiger partial charge in [-0.25, -0.2) is 4.79 Å². The minimum Gasteiger partial charge on any atom is -0.466 e. The fourth-order valence-corrected chi connectivity index (χ4v) is 5.02. The Balaban J connectivity index is 0.000000260. The second-order valence-electron chi connectivity index (χ2n) is 13.1. The molecule has 4 rings (SSSR count). The molecule has 10 nitrogen and oxygen atoms in total. The SMILES string of the molecule is CCOC(=O)/C=C/c1cc2ccccc2n1CC(=O)OC(C)(C)C.CCOC(=O)CCc1cc2ccccc2n1CC(=O)OC(C)(C)C. The van der Waals surface area contributed by atoms with E-state index in [1.165, 1.54) is 6.08 Å². The number of esters is 4. The van der Waals surface area contributed by atoms with Crippen LogP contribution in [0.2, 0.25) is 0 Å². The van der Waals surface area contributed by atoms with Crippen molar-refractivity contribution in [2.45, 2.75) is 92.5 Å². The summed E-state index contributed by atoms with van der Waals surface area (Å²) in [5.41, 5.74) is 2.48. The summed E-state index contributed by atoms with van der Waals surface area (Å²) >= 11 is 0. The standard InChI is InChI=1S/C19H25NO4.C19H23NO4/c2*1-5-23-17(21)11-10-15-12-14-8-6-7-9-16(14)20(15)13-18(22)24-19(2,3)4/h6-9,12H,5,10-11,13H2,1-4H3;6-12H,5,13H2,1-4H3/b;11-10+. The van der Waals surface area contributed by atoms with Crippen LogP contribution in [0.1, 0.15) is 73.2 Å². The van der Waals surface area contributed by atoms with E-state index >= 15 is 0 Å². The van der Waals surface area contributed by atoms with Crippen molar-refractivity contribution in [1.82, 2.24) is 9.13 Å². The Morgan fingerprint density at radius 1 is 0.667 bits per heavy atom. The van der Waals surface area contributed by atoms with Gasteiger partial charge < -0.3 is 28.1 Å². The topological polar surface area (TPSA) is 115 Å². The van der Waals surface area contributed by atoms with Crippen LogP contribution < -0.4 is 0 Å². The van der Waals surface area contributed by atoms with Crippen molar-refractivity contribution in [3.05, 3.63) is 78.1 Å². The zero-order chi connectivity index (χ0) is 35.5. The second kappa shape index (κ2) is 16.8. The summed E-state index contributed by atoms with van der Waals surface area (Å²) in [6, 6.07) is 19.5. The minimum absolute atomic E-state index is 0.0767. The van der Waals surface area contributed by atoms with Crippen molar-refractivity contribution >= 4 is 51.8 Å². The van der Waals surface area contributed by atoms with Gasteiger partial charge in [0.1, 0.15) is 24.3 Å². The lowest BCUT2D eigenvalue weighted by molar-refractivity contribution is -0.156. The summed E-state index contributed by atoms with van der Waals surface area (Å²) in [5.74, 6) is -1.26. The number of rotatable bonds is 11. The number of hydrogen-bond donors (Lipinski definition) is 0. The van der Waals surface area contributed by atoms with Crippen molar-refractivity contribution < 1.29 is 38.1 Å². The molecule has 0 amide bonds. The summed E-state index contributed by atoms with van der Waals surface area (Å²) in [6.45, 7) is 15.5.